The molecule has 0 unspecified atom stereocenters. The van der Waals surface area contributed by atoms with Gasteiger partial charge < -0.3 is 14.4 Å². The number of carbonyl (C=O) groups excluding carboxylic acids is 2. The molecule has 0 saturated carbocycles. The van der Waals surface area contributed by atoms with E-state index in [1.807, 2.05) is 26.8 Å². The molecule has 1 aromatic rings. The SMILES string of the molecule is CC(=O)[C@@H]1CCCN(c2cncc(OC(C)(C)C(=O)OC(C)(C)C)c2)C1. The van der Waals surface area contributed by atoms with E-state index in [2.05, 4.69) is 9.88 Å². The van der Waals surface area contributed by atoms with Gasteiger partial charge in [-0.1, -0.05) is 0 Å². The van der Waals surface area contributed by atoms with Crippen LogP contribution in [0, 0.1) is 5.92 Å². The molecule has 0 bridgehead atoms. The molecular formula is C20H30N2O4. The highest BCUT2D eigenvalue weighted by molar-refractivity contribution is 5.80. The van der Waals surface area contributed by atoms with Gasteiger partial charge in [0.1, 0.15) is 17.1 Å². The van der Waals surface area contributed by atoms with Gasteiger partial charge in [-0.25, -0.2) is 4.79 Å². The quantitative estimate of drug-likeness (QED) is 0.748. The van der Waals surface area contributed by atoms with Crippen molar-refractivity contribution in [2.45, 2.75) is 65.6 Å². The van der Waals surface area contributed by atoms with Gasteiger partial charge in [0.2, 0.25) is 0 Å². The minimum Gasteiger partial charge on any atom is -0.474 e. The number of piperidine rings is 1. The first kappa shape index (κ1) is 20.2. The molecule has 0 radical (unpaired) electrons. The fourth-order valence-electron chi connectivity index (χ4n) is 2.92. The van der Waals surface area contributed by atoms with E-state index in [1.165, 1.54) is 0 Å². The number of hydrogen-bond donors (Lipinski definition) is 0. The van der Waals surface area contributed by atoms with Gasteiger partial charge in [-0.3, -0.25) is 9.78 Å². The Kier molecular flexibility index (Phi) is 5.94. The van der Waals surface area contributed by atoms with Gasteiger partial charge in [-0.2, -0.15) is 0 Å². The molecule has 6 nitrogen and oxygen atoms in total. The maximum absolute atomic E-state index is 12.4. The largest absolute Gasteiger partial charge is 0.474 e. The third-order valence-corrected chi connectivity index (χ3v) is 4.32. The average Bonchev–Trinajstić information content (AvgIpc) is 2.53. The standard InChI is InChI=1S/C20H30N2O4/c1-14(23)15-8-7-9-22(13-15)16-10-17(12-21-11-16)25-20(5,6)18(24)26-19(2,3)4/h10-12,15H,7-9,13H2,1-6H3/t15-/m1/s1. The van der Waals surface area contributed by atoms with E-state index in [-0.39, 0.29) is 11.7 Å². The molecule has 1 aliphatic heterocycles. The number of anilines is 1. The zero-order valence-electron chi connectivity index (χ0n) is 16.7. The Labute approximate surface area is 155 Å². The normalized spacial score (nSPS) is 18.4. The van der Waals surface area contributed by atoms with E-state index < -0.39 is 17.2 Å². The fourth-order valence-corrected chi connectivity index (χ4v) is 2.92. The molecule has 2 heterocycles. The molecule has 144 valence electrons. The van der Waals surface area contributed by atoms with Crippen molar-refractivity contribution in [3.05, 3.63) is 18.5 Å². The summed E-state index contributed by atoms with van der Waals surface area (Å²) in [6, 6.07) is 1.86. The van der Waals surface area contributed by atoms with E-state index in [0.717, 1.165) is 25.1 Å². The fraction of sp³-hybridized carbons (Fsp3) is 0.650. The summed E-state index contributed by atoms with van der Waals surface area (Å²) in [6.45, 7) is 12.1. The van der Waals surface area contributed by atoms with Crippen molar-refractivity contribution < 1.29 is 19.1 Å². The highest BCUT2D eigenvalue weighted by Crippen LogP contribution is 2.28. The molecule has 1 aliphatic rings. The molecular weight excluding hydrogens is 332 g/mol. The Morgan fingerprint density at radius 3 is 2.50 bits per heavy atom. The van der Waals surface area contributed by atoms with Crippen LogP contribution < -0.4 is 9.64 Å². The average molecular weight is 362 g/mol. The highest BCUT2D eigenvalue weighted by atomic mass is 16.6. The van der Waals surface area contributed by atoms with Crippen LogP contribution in [0.5, 0.6) is 5.75 Å². The van der Waals surface area contributed by atoms with E-state index in [1.54, 1.807) is 33.2 Å². The second-order valence-electron chi connectivity index (χ2n) is 8.39. The number of hydrogen-bond acceptors (Lipinski definition) is 6. The topological polar surface area (TPSA) is 68.7 Å². The van der Waals surface area contributed by atoms with Crippen LogP contribution in [0.15, 0.2) is 18.5 Å². The highest BCUT2D eigenvalue weighted by Gasteiger charge is 2.35. The van der Waals surface area contributed by atoms with Gasteiger partial charge in [0, 0.05) is 25.1 Å². The zero-order chi connectivity index (χ0) is 19.5. The van der Waals surface area contributed by atoms with Gasteiger partial charge >= 0.3 is 5.97 Å². The summed E-state index contributed by atoms with van der Waals surface area (Å²) in [5, 5.41) is 0. The van der Waals surface area contributed by atoms with Crippen LogP contribution in [0.3, 0.4) is 0 Å². The van der Waals surface area contributed by atoms with Crippen molar-refractivity contribution in [3.8, 4) is 5.75 Å². The molecule has 0 amide bonds. The van der Waals surface area contributed by atoms with Gasteiger partial charge in [-0.15, -0.1) is 0 Å². The monoisotopic (exact) mass is 362 g/mol. The van der Waals surface area contributed by atoms with Crippen LogP contribution in [0.2, 0.25) is 0 Å². The van der Waals surface area contributed by atoms with Crippen LogP contribution in [-0.4, -0.2) is 41.0 Å². The molecule has 1 aromatic heterocycles. The summed E-state index contributed by atoms with van der Waals surface area (Å²) in [5.41, 5.74) is -0.807. The zero-order valence-corrected chi connectivity index (χ0v) is 16.7. The van der Waals surface area contributed by atoms with Crippen molar-refractivity contribution in [2.75, 3.05) is 18.0 Å². The first-order valence-electron chi connectivity index (χ1n) is 9.11. The third kappa shape index (κ3) is 5.44. The van der Waals surface area contributed by atoms with Crippen LogP contribution in [0.1, 0.15) is 54.4 Å². The van der Waals surface area contributed by atoms with E-state index in [0.29, 0.717) is 12.3 Å². The van der Waals surface area contributed by atoms with Crippen molar-refractivity contribution >= 4 is 17.4 Å². The van der Waals surface area contributed by atoms with E-state index >= 15 is 0 Å². The number of nitrogens with zero attached hydrogens (tertiary/aromatic N) is 2. The molecule has 0 N–H and O–H groups in total. The number of pyridine rings is 1. The van der Waals surface area contributed by atoms with Crippen LogP contribution >= 0.6 is 0 Å². The number of rotatable bonds is 5. The molecule has 1 saturated heterocycles. The molecule has 26 heavy (non-hydrogen) atoms. The lowest BCUT2D eigenvalue weighted by atomic mass is 9.94. The van der Waals surface area contributed by atoms with Gasteiger partial charge in [0.25, 0.3) is 0 Å². The number of Topliss-reactive ketones (excluding diaryl/α,β-unsaturated/α-hetero) is 1. The summed E-state index contributed by atoms with van der Waals surface area (Å²) in [6.07, 6.45) is 5.25. The second-order valence-corrected chi connectivity index (χ2v) is 8.39. The summed E-state index contributed by atoms with van der Waals surface area (Å²) < 4.78 is 11.3. The minimum atomic E-state index is -1.13. The van der Waals surface area contributed by atoms with Gasteiger partial charge in [0.05, 0.1) is 18.1 Å². The molecule has 1 atom stereocenters. The van der Waals surface area contributed by atoms with Crippen molar-refractivity contribution in [1.29, 1.82) is 0 Å². The van der Waals surface area contributed by atoms with Crippen LogP contribution in [0.4, 0.5) is 5.69 Å². The lowest BCUT2D eigenvalue weighted by Crippen LogP contribution is -2.43. The minimum absolute atomic E-state index is 0.0616. The Bertz CT molecular complexity index is 664. The van der Waals surface area contributed by atoms with E-state index in [4.69, 9.17) is 9.47 Å². The van der Waals surface area contributed by atoms with Crippen molar-refractivity contribution in [1.82, 2.24) is 4.98 Å². The number of ketones is 1. The molecule has 0 aliphatic carbocycles. The Morgan fingerprint density at radius 2 is 1.88 bits per heavy atom. The predicted molar refractivity (Wildman–Crippen MR) is 100 cm³/mol. The van der Waals surface area contributed by atoms with Crippen molar-refractivity contribution in [3.63, 3.8) is 0 Å². The first-order valence-corrected chi connectivity index (χ1v) is 9.11. The predicted octanol–water partition coefficient (Wildman–Crippen LogP) is 3.39. The van der Waals surface area contributed by atoms with Gasteiger partial charge in [-0.05, 0) is 54.4 Å². The Hall–Kier alpha value is -2.11. The number of ether oxygens (including phenoxy) is 2. The van der Waals surface area contributed by atoms with Gasteiger partial charge in [0.15, 0.2) is 5.60 Å². The lowest BCUT2D eigenvalue weighted by molar-refractivity contribution is -0.170. The summed E-state index contributed by atoms with van der Waals surface area (Å²) in [5.74, 6) is 0.362. The lowest BCUT2D eigenvalue weighted by Gasteiger charge is -2.33. The Morgan fingerprint density at radius 1 is 1.19 bits per heavy atom. The molecule has 6 heteroatoms. The molecule has 1 fully saturated rings. The van der Waals surface area contributed by atoms with Crippen LogP contribution in [-0.2, 0) is 14.3 Å². The Balaban J connectivity index is 2.11. The number of aromatic nitrogens is 1. The number of carbonyl (C=O) groups is 2. The smallest absolute Gasteiger partial charge is 0.350 e. The number of esters is 1. The maximum atomic E-state index is 12.4. The maximum Gasteiger partial charge on any atom is 0.350 e. The molecule has 0 aromatic carbocycles. The third-order valence-electron chi connectivity index (χ3n) is 4.32. The first-order chi connectivity index (χ1) is 12.0. The molecule has 2 rings (SSSR count). The summed E-state index contributed by atoms with van der Waals surface area (Å²) >= 11 is 0. The summed E-state index contributed by atoms with van der Waals surface area (Å²) in [4.78, 5) is 30.5. The van der Waals surface area contributed by atoms with Crippen LogP contribution in [0.25, 0.3) is 0 Å². The van der Waals surface area contributed by atoms with E-state index in [9.17, 15) is 9.59 Å². The van der Waals surface area contributed by atoms with Crippen molar-refractivity contribution in [2.24, 2.45) is 5.92 Å². The molecule has 0 spiro atoms. The second kappa shape index (κ2) is 7.64. The summed E-state index contributed by atoms with van der Waals surface area (Å²) in [7, 11) is 0.